The van der Waals surface area contributed by atoms with Gasteiger partial charge in [-0.1, -0.05) is 62.8 Å². The fraction of sp³-hybridized carbons (Fsp3) is 0.676. The molecule has 1 aliphatic carbocycles. The van der Waals surface area contributed by atoms with E-state index in [2.05, 4.69) is 31.0 Å². The smallest absolute Gasteiger partial charge is 0.242 e. The van der Waals surface area contributed by atoms with Crippen molar-refractivity contribution in [3.05, 3.63) is 35.7 Å². The number of nitrogens with one attached hydrogen (secondary N) is 2. The Morgan fingerprint density at radius 2 is 1.30 bits per heavy atom. The molecule has 4 rings (SSSR count). The number of rotatable bonds is 23. The van der Waals surface area contributed by atoms with Crippen LogP contribution in [-0.2, 0) is 44.7 Å². The maximum atomic E-state index is 12.9. The van der Waals surface area contributed by atoms with E-state index in [1.165, 1.54) is 43.4 Å². The zero-order valence-electron chi connectivity index (χ0n) is 30.9. The van der Waals surface area contributed by atoms with Crippen LogP contribution >= 0.6 is 11.8 Å². The molecule has 53 heavy (non-hydrogen) atoms. The lowest BCUT2D eigenvalue weighted by molar-refractivity contribution is -0.138. The molecule has 292 valence electrons. The fourth-order valence-electron chi connectivity index (χ4n) is 5.90. The summed E-state index contributed by atoms with van der Waals surface area (Å²) in [6.45, 7) is 5.55. The second kappa shape index (κ2) is 24.7. The molecule has 1 aromatic heterocycles. The highest BCUT2D eigenvalue weighted by atomic mass is 32.2. The number of aromatic nitrogens is 4. The Morgan fingerprint density at radius 3 is 1.94 bits per heavy atom. The Bertz CT molecular complexity index is 1390. The van der Waals surface area contributed by atoms with Gasteiger partial charge in [-0.15, -0.1) is 32.2 Å². The van der Waals surface area contributed by atoms with Crippen molar-refractivity contribution >= 4 is 35.4 Å². The van der Waals surface area contributed by atoms with Crippen molar-refractivity contribution < 1.29 is 38.1 Å². The van der Waals surface area contributed by atoms with Crippen molar-refractivity contribution in [2.45, 2.75) is 94.6 Å². The number of nitrogens with zero attached hydrogens (tertiary/aromatic N) is 5. The minimum absolute atomic E-state index is 0.0847. The summed E-state index contributed by atoms with van der Waals surface area (Å²) in [6.07, 6.45) is 10.3. The van der Waals surface area contributed by atoms with Gasteiger partial charge in [0, 0.05) is 49.7 Å². The third-order valence-corrected chi connectivity index (χ3v) is 10.4. The molecule has 0 radical (unpaired) electrons. The maximum Gasteiger partial charge on any atom is 0.242 e. The Morgan fingerprint density at radius 1 is 0.736 bits per heavy atom. The van der Waals surface area contributed by atoms with Gasteiger partial charge in [0.05, 0.1) is 58.1 Å². The quantitative estimate of drug-likeness (QED) is 0.125. The normalized spacial score (nSPS) is 17.0. The Hall–Kier alpha value is -3.57. The van der Waals surface area contributed by atoms with Crippen LogP contribution in [0.15, 0.2) is 24.3 Å². The molecule has 2 N–H and O–H groups in total. The predicted molar refractivity (Wildman–Crippen MR) is 199 cm³/mol. The van der Waals surface area contributed by atoms with E-state index in [1.54, 1.807) is 18.7 Å². The summed E-state index contributed by atoms with van der Waals surface area (Å²) >= 11 is 1.68. The molecule has 2 fully saturated rings. The van der Waals surface area contributed by atoms with Crippen LogP contribution < -0.4 is 10.6 Å². The Kier molecular flexibility index (Phi) is 19.6. The molecule has 1 unspecified atom stereocenters. The van der Waals surface area contributed by atoms with E-state index < -0.39 is 0 Å². The minimum atomic E-state index is -0.314. The van der Waals surface area contributed by atoms with E-state index >= 15 is 0 Å². The molecule has 15 nitrogen and oxygen atoms in total. The molecule has 1 saturated heterocycles. The second-order valence-corrected chi connectivity index (χ2v) is 14.6. The Labute approximate surface area is 316 Å². The van der Waals surface area contributed by atoms with Crippen molar-refractivity contribution in [2.75, 3.05) is 65.9 Å². The lowest BCUT2D eigenvalue weighted by Gasteiger charge is -2.19. The third kappa shape index (κ3) is 16.5. The highest BCUT2D eigenvalue weighted by Gasteiger charge is 2.40. The van der Waals surface area contributed by atoms with Crippen molar-refractivity contribution in [2.24, 2.45) is 0 Å². The number of amides is 4. The molecule has 1 aromatic carbocycles. The lowest BCUT2D eigenvalue weighted by atomic mass is 10.1. The standard InChI is InChI=1S/C37H55N7O8S/c1-28-40-42-36(43-41-28)30-12-10-29(11-13-30)27-39-34(46)15-18-49-20-22-51-24-25-52-23-21-50-19-16-38-33(45)14-17-44-35(47)26-32(37(44)48)53-31-8-6-4-2-3-5-7-9-31/h10-13,31-32H,2-9,14-27H2,1H3,(H,38,45)(H,39,46). The number of ether oxygens (including phenoxy) is 4. The number of likely N-dealkylation sites (tertiary alicyclic amines) is 1. The molecule has 0 spiro atoms. The first-order valence-electron chi connectivity index (χ1n) is 18.9. The van der Waals surface area contributed by atoms with Crippen molar-refractivity contribution in [3.63, 3.8) is 0 Å². The van der Waals surface area contributed by atoms with Crippen LogP contribution in [0.25, 0.3) is 11.4 Å². The number of hydrogen-bond acceptors (Lipinski definition) is 13. The zero-order chi connectivity index (χ0) is 37.5. The molecular formula is C37H55N7O8S. The SMILES string of the molecule is Cc1nnc(-c2ccc(CNC(=O)CCOCCOCCOCCOCCNC(=O)CCN3C(=O)CC(SC4CCCCCCCC4)C3=O)cc2)nn1. The maximum absolute atomic E-state index is 12.9. The zero-order valence-corrected chi connectivity index (χ0v) is 31.7. The van der Waals surface area contributed by atoms with E-state index in [0.717, 1.165) is 24.0 Å². The average Bonchev–Trinajstić information content (AvgIpc) is 3.50. The van der Waals surface area contributed by atoms with Crippen molar-refractivity contribution in [1.82, 2.24) is 35.9 Å². The molecule has 1 saturated carbocycles. The van der Waals surface area contributed by atoms with Crippen LogP contribution in [0.1, 0.15) is 82.0 Å². The van der Waals surface area contributed by atoms with E-state index in [0.29, 0.717) is 82.8 Å². The van der Waals surface area contributed by atoms with Gasteiger partial charge in [-0.25, -0.2) is 0 Å². The van der Waals surface area contributed by atoms with Crippen LogP contribution in [-0.4, -0.2) is 125 Å². The first kappa shape index (κ1) is 42.2. The summed E-state index contributed by atoms with van der Waals surface area (Å²) in [5, 5.41) is 21.6. The van der Waals surface area contributed by atoms with Crippen LogP contribution in [0.4, 0.5) is 0 Å². The molecule has 4 amide bonds. The first-order valence-corrected chi connectivity index (χ1v) is 19.8. The van der Waals surface area contributed by atoms with E-state index in [4.69, 9.17) is 18.9 Å². The van der Waals surface area contributed by atoms with E-state index in [1.807, 2.05) is 24.3 Å². The number of carbonyl (C=O) groups is 4. The summed E-state index contributed by atoms with van der Waals surface area (Å²) in [5.41, 5.74) is 1.75. The van der Waals surface area contributed by atoms with E-state index in [-0.39, 0.29) is 54.7 Å². The summed E-state index contributed by atoms with van der Waals surface area (Å²) < 4.78 is 22.0. The molecule has 2 aliphatic rings. The molecule has 1 aliphatic heterocycles. The second-order valence-electron chi connectivity index (χ2n) is 13.1. The van der Waals surface area contributed by atoms with Gasteiger partial charge in [0.25, 0.3) is 0 Å². The van der Waals surface area contributed by atoms with Crippen molar-refractivity contribution in [1.29, 1.82) is 0 Å². The molecule has 1 atom stereocenters. The van der Waals surface area contributed by atoms with Gasteiger partial charge in [-0.3, -0.25) is 24.1 Å². The fourth-order valence-corrected chi connectivity index (χ4v) is 7.46. The predicted octanol–water partition coefficient (Wildman–Crippen LogP) is 3.18. The Balaban J connectivity index is 0.899. The molecule has 2 aromatic rings. The van der Waals surface area contributed by atoms with Gasteiger partial charge in [0.1, 0.15) is 0 Å². The van der Waals surface area contributed by atoms with Crippen LogP contribution in [0, 0.1) is 6.92 Å². The number of carbonyl (C=O) groups excluding carboxylic acids is 4. The number of benzene rings is 1. The lowest BCUT2D eigenvalue weighted by Crippen LogP contribution is -2.36. The summed E-state index contributed by atoms with van der Waals surface area (Å²) in [6, 6.07) is 7.52. The number of aryl methyl sites for hydroxylation is 1. The topological polar surface area (TPSA) is 184 Å². The van der Waals surface area contributed by atoms with Gasteiger partial charge >= 0.3 is 0 Å². The van der Waals surface area contributed by atoms with Gasteiger partial charge in [-0.05, 0) is 25.3 Å². The van der Waals surface area contributed by atoms with Crippen molar-refractivity contribution in [3.8, 4) is 11.4 Å². The summed E-state index contributed by atoms with van der Waals surface area (Å²) in [7, 11) is 0. The molecule has 2 heterocycles. The third-order valence-electron chi connectivity index (χ3n) is 8.86. The highest BCUT2D eigenvalue weighted by Crippen LogP contribution is 2.34. The number of thioether (sulfide) groups is 1. The van der Waals surface area contributed by atoms with Gasteiger partial charge in [0.2, 0.25) is 29.5 Å². The van der Waals surface area contributed by atoms with Gasteiger partial charge in [-0.2, -0.15) is 0 Å². The van der Waals surface area contributed by atoms with Crippen LogP contribution in [0.3, 0.4) is 0 Å². The first-order chi connectivity index (χ1) is 25.9. The summed E-state index contributed by atoms with van der Waals surface area (Å²) in [5.74, 6) is 0.321. The van der Waals surface area contributed by atoms with Gasteiger partial charge < -0.3 is 29.6 Å². The monoisotopic (exact) mass is 757 g/mol. The van der Waals surface area contributed by atoms with Crippen LogP contribution in [0.5, 0.6) is 0 Å². The molecule has 0 bridgehead atoms. The summed E-state index contributed by atoms with van der Waals surface area (Å²) in [4.78, 5) is 51.1. The van der Waals surface area contributed by atoms with Gasteiger partial charge in [0.15, 0.2) is 5.82 Å². The molecular weight excluding hydrogens is 703 g/mol. The highest BCUT2D eigenvalue weighted by molar-refractivity contribution is 8.01. The average molecular weight is 758 g/mol. The molecule has 16 heteroatoms. The van der Waals surface area contributed by atoms with Crippen LogP contribution in [0.2, 0.25) is 0 Å². The largest absolute Gasteiger partial charge is 0.379 e. The number of hydrogen-bond donors (Lipinski definition) is 2. The minimum Gasteiger partial charge on any atom is -0.379 e. The van der Waals surface area contributed by atoms with E-state index in [9.17, 15) is 19.2 Å². The number of imide groups is 1.